The molecule has 6 nitrogen and oxygen atoms in total. The Balaban J connectivity index is 1.94. The lowest BCUT2D eigenvalue weighted by Gasteiger charge is -2.02. The van der Waals surface area contributed by atoms with Crippen LogP contribution >= 0.6 is 0 Å². The minimum absolute atomic E-state index is 0.261. The molecular weight excluding hydrogens is 258 g/mol. The Morgan fingerprint density at radius 3 is 2.85 bits per heavy atom. The van der Waals surface area contributed by atoms with Crippen LogP contribution in [0.25, 0.3) is 10.9 Å². The molecule has 0 bridgehead atoms. The molecule has 0 fully saturated rings. The summed E-state index contributed by atoms with van der Waals surface area (Å²) in [5.74, 6) is 0.252. The first-order valence-electron chi connectivity index (χ1n) is 5.89. The van der Waals surface area contributed by atoms with Gasteiger partial charge in [0.2, 0.25) is 0 Å². The van der Waals surface area contributed by atoms with Crippen LogP contribution in [-0.4, -0.2) is 9.49 Å². The zero-order valence-electron chi connectivity index (χ0n) is 10.3. The van der Waals surface area contributed by atoms with Gasteiger partial charge in [0.05, 0.1) is 24.2 Å². The van der Waals surface area contributed by atoms with Crippen LogP contribution in [0.3, 0.4) is 0 Å². The molecule has 3 rings (SSSR count). The van der Waals surface area contributed by atoms with Crippen molar-refractivity contribution in [3.8, 4) is 6.07 Å². The van der Waals surface area contributed by atoms with E-state index in [2.05, 4.69) is 6.07 Å². The van der Waals surface area contributed by atoms with Crippen molar-refractivity contribution in [3.63, 3.8) is 0 Å². The number of nitriles is 1. The van der Waals surface area contributed by atoms with Gasteiger partial charge in [-0.25, -0.2) is 0 Å². The Kier molecular flexibility index (Phi) is 2.73. The number of nitro groups is 1. The maximum atomic E-state index is 10.6. The molecule has 0 amide bonds. The second kappa shape index (κ2) is 4.55. The summed E-state index contributed by atoms with van der Waals surface area (Å²) in [4.78, 5) is 10.0. The Labute approximate surface area is 113 Å². The van der Waals surface area contributed by atoms with Gasteiger partial charge < -0.3 is 8.98 Å². The third-order valence-corrected chi connectivity index (χ3v) is 3.05. The summed E-state index contributed by atoms with van der Waals surface area (Å²) in [5.41, 5.74) is 1.55. The molecule has 0 aliphatic rings. The molecule has 0 unspecified atom stereocenters. The fraction of sp³-hybridized carbons (Fsp3) is 0.0714. The van der Waals surface area contributed by atoms with Crippen LogP contribution in [-0.2, 0) is 6.54 Å². The molecule has 0 aliphatic carbocycles. The van der Waals surface area contributed by atoms with Crippen LogP contribution in [0.5, 0.6) is 0 Å². The fourth-order valence-corrected chi connectivity index (χ4v) is 2.13. The Morgan fingerprint density at radius 2 is 2.15 bits per heavy atom. The molecule has 3 aromatic rings. The molecule has 2 heterocycles. The van der Waals surface area contributed by atoms with E-state index in [4.69, 9.17) is 9.68 Å². The lowest BCUT2D eigenvalue weighted by Crippen LogP contribution is -1.96. The van der Waals surface area contributed by atoms with E-state index in [1.54, 1.807) is 18.2 Å². The van der Waals surface area contributed by atoms with E-state index in [1.807, 2.05) is 22.9 Å². The van der Waals surface area contributed by atoms with E-state index in [0.717, 1.165) is 10.9 Å². The summed E-state index contributed by atoms with van der Waals surface area (Å²) in [6.07, 6.45) is 1.86. The van der Waals surface area contributed by atoms with Gasteiger partial charge >= 0.3 is 5.88 Å². The lowest BCUT2D eigenvalue weighted by atomic mass is 10.2. The normalized spacial score (nSPS) is 10.6. The molecule has 1 aromatic carbocycles. The third-order valence-electron chi connectivity index (χ3n) is 3.05. The molecule has 0 saturated carbocycles. The first kappa shape index (κ1) is 12.0. The van der Waals surface area contributed by atoms with Crippen LogP contribution in [0.15, 0.2) is 47.0 Å². The molecular formula is C14H9N3O3. The van der Waals surface area contributed by atoms with Crippen molar-refractivity contribution < 1.29 is 9.34 Å². The molecule has 0 aliphatic heterocycles. The summed E-state index contributed by atoms with van der Waals surface area (Å²) in [5, 5.41) is 20.4. The number of nitrogens with zero attached hydrogens (tertiary/aromatic N) is 3. The molecule has 0 saturated heterocycles. The van der Waals surface area contributed by atoms with Crippen molar-refractivity contribution in [1.82, 2.24) is 4.57 Å². The zero-order valence-corrected chi connectivity index (χ0v) is 10.3. The van der Waals surface area contributed by atoms with Gasteiger partial charge in [0, 0.05) is 17.1 Å². The number of hydrogen-bond donors (Lipinski definition) is 0. The van der Waals surface area contributed by atoms with E-state index in [9.17, 15) is 10.1 Å². The Morgan fingerprint density at radius 1 is 1.30 bits per heavy atom. The Hall–Kier alpha value is -3.07. The minimum atomic E-state index is -0.559. The molecule has 2 aromatic heterocycles. The largest absolute Gasteiger partial charge is 0.433 e. The van der Waals surface area contributed by atoms with Crippen LogP contribution in [0, 0.1) is 21.4 Å². The number of furan rings is 1. The highest BCUT2D eigenvalue weighted by Crippen LogP contribution is 2.21. The van der Waals surface area contributed by atoms with E-state index >= 15 is 0 Å². The Bertz CT molecular complexity index is 839. The highest BCUT2D eigenvalue weighted by atomic mass is 16.6. The summed E-state index contributed by atoms with van der Waals surface area (Å²) < 4.78 is 7.06. The molecule has 98 valence electrons. The van der Waals surface area contributed by atoms with Crippen molar-refractivity contribution in [3.05, 3.63) is 64.0 Å². The summed E-state index contributed by atoms with van der Waals surface area (Å²) in [6, 6.07) is 12.3. The predicted octanol–water partition coefficient (Wildman–Crippen LogP) is 3.06. The van der Waals surface area contributed by atoms with Gasteiger partial charge in [-0.15, -0.1) is 0 Å². The summed E-state index contributed by atoms with van der Waals surface area (Å²) in [7, 11) is 0. The molecule has 0 atom stereocenters. The van der Waals surface area contributed by atoms with Crippen molar-refractivity contribution in [2.45, 2.75) is 6.54 Å². The van der Waals surface area contributed by atoms with Crippen LogP contribution < -0.4 is 0 Å². The number of fused-ring (bicyclic) bond motifs is 1. The second-order valence-electron chi connectivity index (χ2n) is 4.33. The topological polar surface area (TPSA) is 85.0 Å². The predicted molar refractivity (Wildman–Crippen MR) is 71.1 cm³/mol. The van der Waals surface area contributed by atoms with E-state index in [-0.39, 0.29) is 5.88 Å². The van der Waals surface area contributed by atoms with Gasteiger partial charge in [-0.2, -0.15) is 5.26 Å². The van der Waals surface area contributed by atoms with Gasteiger partial charge in [0.1, 0.15) is 10.7 Å². The maximum Gasteiger partial charge on any atom is 0.433 e. The van der Waals surface area contributed by atoms with E-state index < -0.39 is 4.92 Å². The first-order valence-corrected chi connectivity index (χ1v) is 5.89. The smallest absolute Gasteiger partial charge is 0.404 e. The van der Waals surface area contributed by atoms with Gasteiger partial charge in [-0.3, -0.25) is 10.1 Å². The van der Waals surface area contributed by atoms with Gasteiger partial charge in [0.15, 0.2) is 0 Å². The average molecular weight is 267 g/mol. The monoisotopic (exact) mass is 267 g/mol. The van der Waals surface area contributed by atoms with Crippen molar-refractivity contribution in [2.75, 3.05) is 0 Å². The van der Waals surface area contributed by atoms with Crippen LogP contribution in [0.4, 0.5) is 5.88 Å². The number of aromatic nitrogens is 1. The molecule has 0 N–H and O–H groups in total. The van der Waals surface area contributed by atoms with Gasteiger partial charge in [-0.05, 0) is 30.3 Å². The fourth-order valence-electron chi connectivity index (χ4n) is 2.13. The van der Waals surface area contributed by atoms with Crippen molar-refractivity contribution >= 4 is 16.8 Å². The molecule has 6 heteroatoms. The van der Waals surface area contributed by atoms with Crippen LogP contribution in [0.1, 0.15) is 11.3 Å². The highest BCUT2D eigenvalue weighted by molar-refractivity contribution is 5.81. The lowest BCUT2D eigenvalue weighted by molar-refractivity contribution is -0.402. The molecule has 0 radical (unpaired) electrons. The average Bonchev–Trinajstić information content (AvgIpc) is 3.06. The summed E-state index contributed by atoms with van der Waals surface area (Å²) >= 11 is 0. The van der Waals surface area contributed by atoms with Gasteiger partial charge in [0.25, 0.3) is 0 Å². The highest BCUT2D eigenvalue weighted by Gasteiger charge is 2.12. The first-order chi connectivity index (χ1) is 9.67. The third kappa shape index (κ3) is 2.01. The number of hydrogen-bond acceptors (Lipinski definition) is 4. The minimum Gasteiger partial charge on any atom is -0.404 e. The van der Waals surface area contributed by atoms with E-state index in [0.29, 0.717) is 17.9 Å². The molecule has 20 heavy (non-hydrogen) atoms. The quantitative estimate of drug-likeness (QED) is 0.539. The zero-order chi connectivity index (χ0) is 14.1. The van der Waals surface area contributed by atoms with Crippen molar-refractivity contribution in [1.29, 1.82) is 5.26 Å². The van der Waals surface area contributed by atoms with Crippen molar-refractivity contribution in [2.24, 2.45) is 0 Å². The number of rotatable bonds is 3. The standard InChI is InChI=1S/C14H9N3O3/c15-8-10-1-3-13-11(7-10)5-6-16(13)9-12-2-4-14(20-12)17(18)19/h1-7H,9H2. The second-order valence-corrected chi connectivity index (χ2v) is 4.33. The SMILES string of the molecule is N#Cc1ccc2c(ccn2Cc2ccc([N+](=O)[O-])o2)c1. The maximum absolute atomic E-state index is 10.6. The van der Waals surface area contributed by atoms with Gasteiger partial charge in [-0.1, -0.05) is 0 Å². The van der Waals surface area contributed by atoms with E-state index in [1.165, 1.54) is 6.07 Å². The molecule has 0 spiro atoms. The summed E-state index contributed by atoms with van der Waals surface area (Å²) in [6.45, 7) is 0.406. The van der Waals surface area contributed by atoms with Crippen LogP contribution in [0.2, 0.25) is 0 Å². The number of benzene rings is 1.